The van der Waals surface area contributed by atoms with Crippen LogP contribution in [-0.4, -0.2) is 42.0 Å². The monoisotopic (exact) mass is 345 g/mol. The van der Waals surface area contributed by atoms with E-state index in [-0.39, 0.29) is 5.91 Å². The van der Waals surface area contributed by atoms with Gasteiger partial charge in [0.05, 0.1) is 22.8 Å². The molecule has 0 radical (unpaired) electrons. The summed E-state index contributed by atoms with van der Waals surface area (Å²) in [5, 5.41) is 19.9. The van der Waals surface area contributed by atoms with Gasteiger partial charge in [-0.15, -0.1) is 0 Å². The molecule has 2 fully saturated rings. The van der Waals surface area contributed by atoms with Gasteiger partial charge in [-0.1, -0.05) is 18.2 Å². The number of piperazine rings is 1. The lowest BCUT2D eigenvalue weighted by Gasteiger charge is -2.42. The Bertz CT molecular complexity index is 943. The van der Waals surface area contributed by atoms with E-state index in [4.69, 9.17) is 0 Å². The number of benzene rings is 1. The van der Waals surface area contributed by atoms with Crippen molar-refractivity contribution < 1.29 is 4.79 Å². The molecular formula is C20H19N5O. The number of hydrogen-bond acceptors (Lipinski definition) is 5. The number of fused-ring (bicyclic) bond motifs is 1. The Labute approximate surface area is 152 Å². The van der Waals surface area contributed by atoms with Crippen molar-refractivity contribution in [2.45, 2.75) is 19.3 Å². The molecular weight excluding hydrogens is 326 g/mol. The molecule has 0 bridgehead atoms. The quantitative estimate of drug-likeness (QED) is 0.835. The average Bonchev–Trinajstić information content (AvgIpc) is 2.66. The maximum absolute atomic E-state index is 12.7. The van der Waals surface area contributed by atoms with Crippen LogP contribution in [0.15, 0.2) is 30.5 Å². The molecule has 2 aliphatic rings. The van der Waals surface area contributed by atoms with Crippen LogP contribution in [-0.2, 0) is 4.79 Å². The number of carbonyl (C=O) groups excluding carboxylic acids is 1. The molecule has 1 saturated carbocycles. The van der Waals surface area contributed by atoms with Crippen LogP contribution in [0.2, 0.25) is 0 Å². The Morgan fingerprint density at radius 1 is 1.12 bits per heavy atom. The minimum atomic E-state index is -0.788. The summed E-state index contributed by atoms with van der Waals surface area (Å²) in [4.78, 5) is 21.1. The highest BCUT2D eigenvalue weighted by molar-refractivity contribution is 5.94. The van der Waals surface area contributed by atoms with E-state index in [1.54, 1.807) is 6.20 Å². The number of anilines is 1. The SMILES string of the molecule is N#Cc1cnc2ccccc2c1N1CCN(C(=O)C2(C#N)CCC2)CC1. The molecule has 1 aromatic heterocycles. The molecule has 26 heavy (non-hydrogen) atoms. The summed E-state index contributed by atoms with van der Waals surface area (Å²) in [6.45, 7) is 2.44. The number of hydrogen-bond donors (Lipinski definition) is 0. The third kappa shape index (κ3) is 2.46. The van der Waals surface area contributed by atoms with Gasteiger partial charge in [0, 0.05) is 37.8 Å². The Balaban J connectivity index is 1.58. The normalized spacial score (nSPS) is 18.7. The number of rotatable bonds is 2. The summed E-state index contributed by atoms with van der Waals surface area (Å²) < 4.78 is 0. The number of amides is 1. The van der Waals surface area contributed by atoms with Gasteiger partial charge in [-0.2, -0.15) is 10.5 Å². The van der Waals surface area contributed by atoms with Gasteiger partial charge < -0.3 is 9.80 Å². The van der Waals surface area contributed by atoms with E-state index >= 15 is 0 Å². The van der Waals surface area contributed by atoms with Crippen LogP contribution >= 0.6 is 0 Å². The minimum absolute atomic E-state index is 0.0222. The molecule has 1 amide bonds. The van der Waals surface area contributed by atoms with Crippen molar-refractivity contribution in [1.82, 2.24) is 9.88 Å². The standard InChI is InChI=1S/C20H19N5O/c21-12-15-13-23-17-5-2-1-4-16(17)18(15)24-8-10-25(11-9-24)19(26)20(14-22)6-3-7-20/h1-2,4-5,13H,3,6-11H2. The summed E-state index contributed by atoms with van der Waals surface area (Å²) in [5.41, 5.74) is 1.52. The predicted molar refractivity (Wildman–Crippen MR) is 97.1 cm³/mol. The number of pyridine rings is 1. The zero-order valence-corrected chi connectivity index (χ0v) is 14.5. The summed E-state index contributed by atoms with van der Waals surface area (Å²) >= 11 is 0. The second-order valence-electron chi connectivity index (χ2n) is 6.98. The van der Waals surface area contributed by atoms with Gasteiger partial charge >= 0.3 is 0 Å². The van der Waals surface area contributed by atoms with Crippen LogP contribution in [0.4, 0.5) is 5.69 Å². The first-order valence-electron chi connectivity index (χ1n) is 8.92. The Hall–Kier alpha value is -3.12. The summed E-state index contributed by atoms with van der Waals surface area (Å²) in [6.07, 6.45) is 3.92. The molecule has 1 saturated heterocycles. The highest BCUT2D eigenvalue weighted by Gasteiger charge is 2.47. The molecule has 6 heteroatoms. The van der Waals surface area contributed by atoms with Crippen molar-refractivity contribution in [2.75, 3.05) is 31.1 Å². The smallest absolute Gasteiger partial charge is 0.243 e. The van der Waals surface area contributed by atoms with Crippen molar-refractivity contribution in [3.8, 4) is 12.1 Å². The van der Waals surface area contributed by atoms with Crippen LogP contribution < -0.4 is 4.90 Å². The lowest BCUT2D eigenvalue weighted by Crippen LogP contribution is -2.54. The van der Waals surface area contributed by atoms with Crippen LogP contribution in [0, 0.1) is 28.1 Å². The highest BCUT2D eigenvalue weighted by atomic mass is 16.2. The predicted octanol–water partition coefficient (Wildman–Crippen LogP) is 2.45. The Morgan fingerprint density at radius 2 is 1.85 bits per heavy atom. The third-order valence-corrected chi connectivity index (χ3v) is 5.58. The van der Waals surface area contributed by atoms with E-state index in [0.29, 0.717) is 44.6 Å². The van der Waals surface area contributed by atoms with Gasteiger partial charge in [0.1, 0.15) is 11.5 Å². The number of para-hydroxylation sites is 1. The summed E-state index contributed by atoms with van der Waals surface area (Å²) in [7, 11) is 0. The van der Waals surface area contributed by atoms with Gasteiger partial charge in [-0.05, 0) is 25.3 Å². The van der Waals surface area contributed by atoms with Crippen molar-refractivity contribution in [3.63, 3.8) is 0 Å². The average molecular weight is 345 g/mol. The van der Waals surface area contributed by atoms with E-state index < -0.39 is 5.41 Å². The van der Waals surface area contributed by atoms with Crippen LogP contribution in [0.1, 0.15) is 24.8 Å². The molecule has 1 aromatic carbocycles. The molecule has 2 heterocycles. The molecule has 0 N–H and O–H groups in total. The minimum Gasteiger partial charge on any atom is -0.366 e. The molecule has 0 atom stereocenters. The summed E-state index contributed by atoms with van der Waals surface area (Å²) in [6, 6.07) is 12.3. The van der Waals surface area contributed by atoms with Crippen molar-refractivity contribution in [1.29, 1.82) is 10.5 Å². The number of aromatic nitrogens is 1. The molecule has 4 rings (SSSR count). The summed E-state index contributed by atoms with van der Waals surface area (Å²) in [5.74, 6) is -0.0222. The first-order valence-corrected chi connectivity index (χ1v) is 8.92. The van der Waals surface area contributed by atoms with E-state index in [1.807, 2.05) is 29.2 Å². The van der Waals surface area contributed by atoms with Crippen LogP contribution in [0.25, 0.3) is 10.9 Å². The van der Waals surface area contributed by atoms with Gasteiger partial charge in [-0.25, -0.2) is 0 Å². The van der Waals surface area contributed by atoms with E-state index in [1.165, 1.54) is 0 Å². The molecule has 130 valence electrons. The zero-order valence-electron chi connectivity index (χ0n) is 14.5. The molecule has 1 aliphatic carbocycles. The van der Waals surface area contributed by atoms with Gasteiger partial charge in [-0.3, -0.25) is 9.78 Å². The van der Waals surface area contributed by atoms with Crippen molar-refractivity contribution >= 4 is 22.5 Å². The maximum atomic E-state index is 12.7. The number of nitrogens with zero attached hydrogens (tertiary/aromatic N) is 5. The zero-order chi connectivity index (χ0) is 18.1. The number of nitriles is 2. The van der Waals surface area contributed by atoms with Crippen LogP contribution in [0.3, 0.4) is 0 Å². The third-order valence-electron chi connectivity index (χ3n) is 5.58. The second-order valence-corrected chi connectivity index (χ2v) is 6.98. The molecule has 6 nitrogen and oxygen atoms in total. The highest BCUT2D eigenvalue weighted by Crippen LogP contribution is 2.42. The maximum Gasteiger partial charge on any atom is 0.243 e. The van der Waals surface area contributed by atoms with E-state index in [9.17, 15) is 15.3 Å². The Morgan fingerprint density at radius 3 is 2.46 bits per heavy atom. The lowest BCUT2D eigenvalue weighted by molar-refractivity contribution is -0.143. The molecule has 0 unspecified atom stereocenters. The van der Waals surface area contributed by atoms with Crippen molar-refractivity contribution in [3.05, 3.63) is 36.0 Å². The molecule has 2 aromatic rings. The first kappa shape index (κ1) is 16.4. The fourth-order valence-corrected chi connectivity index (χ4v) is 3.89. The van der Waals surface area contributed by atoms with Crippen molar-refractivity contribution in [2.24, 2.45) is 5.41 Å². The fraction of sp³-hybridized carbons (Fsp3) is 0.400. The fourth-order valence-electron chi connectivity index (χ4n) is 3.89. The van der Waals surface area contributed by atoms with Gasteiger partial charge in [0.2, 0.25) is 5.91 Å². The molecule has 0 spiro atoms. The van der Waals surface area contributed by atoms with Gasteiger partial charge in [0.15, 0.2) is 0 Å². The lowest BCUT2D eigenvalue weighted by atomic mass is 9.69. The van der Waals surface area contributed by atoms with Crippen LogP contribution in [0.5, 0.6) is 0 Å². The van der Waals surface area contributed by atoms with E-state index in [2.05, 4.69) is 22.0 Å². The first-order chi connectivity index (χ1) is 12.7. The topological polar surface area (TPSA) is 84.0 Å². The van der Waals surface area contributed by atoms with E-state index in [0.717, 1.165) is 23.0 Å². The Kier molecular flexibility index (Phi) is 3.97. The molecule has 1 aliphatic heterocycles. The second kappa shape index (κ2) is 6.31. The largest absolute Gasteiger partial charge is 0.366 e. The number of carbonyl (C=O) groups is 1. The van der Waals surface area contributed by atoms with Gasteiger partial charge in [0.25, 0.3) is 0 Å².